The normalized spacial score (nSPS) is 20.5. The van der Waals surface area contributed by atoms with Gasteiger partial charge >= 0.3 is 0 Å². The highest BCUT2D eigenvalue weighted by atomic mass is 32.2. The zero-order chi connectivity index (χ0) is 28.9. The standard InChI is InChI=1S/C30H41N5O4S/c1-20(2)22-7-9-25(10-8-22)30(36,29(5)18-34(6)19-29)26-15-24(16-31-17-26)27-32-28(39-33-27)23-11-13-35(14-12-23)40(37,38)21(3)4/h7-10,15-17,20-21,23,36H,11-14,18-19H2,1-6H3/t30-/m0/s1. The summed E-state index contributed by atoms with van der Waals surface area (Å²) in [7, 11) is -1.22. The number of pyridine rings is 1. The lowest BCUT2D eigenvalue weighted by Crippen LogP contribution is -2.63. The topological polar surface area (TPSA) is 113 Å². The Labute approximate surface area is 237 Å². The number of nitrogens with zero attached hydrogens (tertiary/aromatic N) is 5. The van der Waals surface area contributed by atoms with Gasteiger partial charge in [-0.05, 0) is 56.8 Å². The molecule has 0 bridgehead atoms. The van der Waals surface area contributed by atoms with Crippen molar-refractivity contribution in [2.75, 3.05) is 33.2 Å². The van der Waals surface area contributed by atoms with Crippen LogP contribution in [0, 0.1) is 5.41 Å². The third kappa shape index (κ3) is 5.00. The minimum absolute atomic E-state index is 0.00293. The fraction of sp³-hybridized carbons (Fsp3) is 0.567. The molecule has 2 aromatic heterocycles. The first kappa shape index (κ1) is 28.9. The number of aliphatic hydroxyl groups is 1. The van der Waals surface area contributed by atoms with Crippen LogP contribution in [-0.2, 0) is 15.6 Å². The highest BCUT2D eigenvalue weighted by molar-refractivity contribution is 7.89. The fourth-order valence-electron chi connectivity index (χ4n) is 6.28. The van der Waals surface area contributed by atoms with Crippen LogP contribution < -0.4 is 0 Å². The third-order valence-electron chi connectivity index (χ3n) is 8.72. The lowest BCUT2D eigenvalue weighted by Gasteiger charge is -2.55. The molecule has 1 N–H and O–H groups in total. The van der Waals surface area contributed by atoms with Crippen molar-refractivity contribution in [1.29, 1.82) is 0 Å². The van der Waals surface area contributed by atoms with Crippen LogP contribution in [0.15, 0.2) is 47.2 Å². The average molecular weight is 568 g/mol. The van der Waals surface area contributed by atoms with Crippen molar-refractivity contribution in [3.05, 3.63) is 65.3 Å². The molecule has 0 radical (unpaired) electrons. The zero-order valence-corrected chi connectivity index (χ0v) is 25.1. The Hall–Kier alpha value is -2.66. The molecular weight excluding hydrogens is 526 g/mol. The number of benzene rings is 1. The second kappa shape index (κ2) is 10.6. The van der Waals surface area contributed by atoms with Crippen molar-refractivity contribution in [3.8, 4) is 11.4 Å². The number of hydrogen-bond acceptors (Lipinski definition) is 8. The first-order valence-corrected chi connectivity index (χ1v) is 15.7. The zero-order valence-electron chi connectivity index (χ0n) is 24.3. The van der Waals surface area contributed by atoms with Gasteiger partial charge in [-0.25, -0.2) is 12.7 Å². The maximum atomic E-state index is 12.5. The molecule has 10 heteroatoms. The molecule has 1 atom stereocenters. The van der Waals surface area contributed by atoms with Crippen LogP contribution >= 0.6 is 0 Å². The van der Waals surface area contributed by atoms with Gasteiger partial charge in [-0.3, -0.25) is 4.98 Å². The minimum Gasteiger partial charge on any atom is -0.380 e. The van der Waals surface area contributed by atoms with Gasteiger partial charge in [-0.1, -0.05) is 50.2 Å². The average Bonchev–Trinajstić information content (AvgIpc) is 3.42. The Balaban J connectivity index is 1.42. The van der Waals surface area contributed by atoms with Gasteiger partial charge in [0.1, 0.15) is 5.60 Å². The molecule has 3 aromatic rings. The van der Waals surface area contributed by atoms with Gasteiger partial charge < -0.3 is 14.5 Å². The molecule has 0 unspecified atom stereocenters. The van der Waals surface area contributed by atoms with E-state index >= 15 is 0 Å². The molecule has 1 aromatic carbocycles. The number of sulfonamides is 1. The molecule has 2 saturated heterocycles. The number of rotatable bonds is 8. The van der Waals surface area contributed by atoms with E-state index in [-0.39, 0.29) is 5.92 Å². The van der Waals surface area contributed by atoms with E-state index in [1.165, 1.54) is 5.56 Å². The van der Waals surface area contributed by atoms with Crippen LogP contribution in [0.25, 0.3) is 11.4 Å². The Morgan fingerprint density at radius 3 is 2.27 bits per heavy atom. The lowest BCUT2D eigenvalue weighted by atomic mass is 9.62. The number of piperidine rings is 1. The van der Waals surface area contributed by atoms with E-state index in [9.17, 15) is 13.5 Å². The predicted molar refractivity (Wildman–Crippen MR) is 154 cm³/mol. The minimum atomic E-state index is -3.27. The van der Waals surface area contributed by atoms with E-state index in [2.05, 4.69) is 60.0 Å². The SMILES string of the molecule is CC(C)c1ccc([C@](O)(c2cncc(-c3noc(C4CCN(S(=O)(=O)C(C)C)CC4)n3)c2)C2(C)CN(C)C2)cc1. The Morgan fingerprint density at radius 2 is 1.70 bits per heavy atom. The molecule has 0 aliphatic carbocycles. The van der Waals surface area contributed by atoms with Crippen LogP contribution in [0.4, 0.5) is 0 Å². The van der Waals surface area contributed by atoms with Crippen molar-refractivity contribution >= 4 is 10.0 Å². The van der Waals surface area contributed by atoms with Crippen molar-refractivity contribution in [2.45, 2.75) is 70.1 Å². The molecule has 0 saturated carbocycles. The number of hydrogen-bond donors (Lipinski definition) is 1. The summed E-state index contributed by atoms with van der Waals surface area (Å²) in [5.41, 5.74) is 1.74. The third-order valence-corrected chi connectivity index (χ3v) is 11.0. The summed E-state index contributed by atoms with van der Waals surface area (Å²) in [5, 5.41) is 16.3. The summed E-state index contributed by atoms with van der Waals surface area (Å²) < 4.78 is 32.3. The van der Waals surface area contributed by atoms with Crippen LogP contribution in [0.1, 0.15) is 81.9 Å². The molecule has 216 valence electrons. The summed E-state index contributed by atoms with van der Waals surface area (Å²) in [5.74, 6) is 1.32. The smallest absolute Gasteiger partial charge is 0.230 e. The van der Waals surface area contributed by atoms with Crippen molar-refractivity contribution in [2.24, 2.45) is 5.41 Å². The van der Waals surface area contributed by atoms with E-state index in [1.807, 2.05) is 18.2 Å². The Kier molecular flexibility index (Phi) is 7.67. The van der Waals surface area contributed by atoms with Gasteiger partial charge in [-0.15, -0.1) is 0 Å². The summed E-state index contributed by atoms with van der Waals surface area (Å²) in [6.07, 6.45) is 4.68. The van der Waals surface area contributed by atoms with Gasteiger partial charge in [0.15, 0.2) is 0 Å². The summed E-state index contributed by atoms with van der Waals surface area (Å²) in [6, 6.07) is 10.2. The quantitative estimate of drug-likeness (QED) is 0.427. The molecule has 0 spiro atoms. The van der Waals surface area contributed by atoms with E-state index in [4.69, 9.17) is 4.52 Å². The van der Waals surface area contributed by atoms with Crippen molar-refractivity contribution in [3.63, 3.8) is 0 Å². The molecule has 4 heterocycles. The Bertz CT molecular complexity index is 1440. The van der Waals surface area contributed by atoms with Crippen molar-refractivity contribution < 1.29 is 18.0 Å². The maximum absolute atomic E-state index is 12.5. The number of likely N-dealkylation sites (tertiary alicyclic amines) is 1. The molecule has 2 aliphatic heterocycles. The number of aromatic nitrogens is 3. The summed E-state index contributed by atoms with van der Waals surface area (Å²) in [4.78, 5) is 11.4. The van der Waals surface area contributed by atoms with Gasteiger partial charge in [-0.2, -0.15) is 4.98 Å². The predicted octanol–water partition coefficient (Wildman–Crippen LogP) is 4.36. The summed E-state index contributed by atoms with van der Waals surface area (Å²) in [6.45, 7) is 12.2. The van der Waals surface area contributed by atoms with E-state index in [0.29, 0.717) is 54.7 Å². The monoisotopic (exact) mass is 567 g/mol. The molecule has 2 aliphatic rings. The lowest BCUT2D eigenvalue weighted by molar-refractivity contribution is -0.127. The van der Waals surface area contributed by atoms with Crippen LogP contribution in [0.5, 0.6) is 0 Å². The van der Waals surface area contributed by atoms with Crippen LogP contribution in [-0.4, -0.2) is 76.3 Å². The molecule has 2 fully saturated rings. The van der Waals surface area contributed by atoms with E-state index in [0.717, 1.165) is 18.7 Å². The Morgan fingerprint density at radius 1 is 1.05 bits per heavy atom. The molecule has 40 heavy (non-hydrogen) atoms. The maximum Gasteiger partial charge on any atom is 0.230 e. The van der Waals surface area contributed by atoms with Crippen LogP contribution in [0.2, 0.25) is 0 Å². The first-order chi connectivity index (χ1) is 18.8. The molecular formula is C30H41N5O4S. The van der Waals surface area contributed by atoms with Gasteiger partial charge in [0, 0.05) is 61.0 Å². The molecule has 5 rings (SSSR count). The van der Waals surface area contributed by atoms with E-state index in [1.54, 1.807) is 30.5 Å². The first-order valence-electron chi connectivity index (χ1n) is 14.1. The van der Waals surface area contributed by atoms with Gasteiger partial charge in [0.2, 0.25) is 21.7 Å². The fourth-order valence-corrected chi connectivity index (χ4v) is 7.60. The largest absolute Gasteiger partial charge is 0.380 e. The van der Waals surface area contributed by atoms with E-state index < -0.39 is 26.3 Å². The second-order valence-corrected chi connectivity index (χ2v) is 14.9. The molecule has 0 amide bonds. The van der Waals surface area contributed by atoms with Gasteiger partial charge in [0.05, 0.1) is 5.25 Å². The summed E-state index contributed by atoms with van der Waals surface area (Å²) >= 11 is 0. The highest BCUT2D eigenvalue weighted by Gasteiger charge is 2.55. The highest BCUT2D eigenvalue weighted by Crippen LogP contribution is 2.50. The van der Waals surface area contributed by atoms with Crippen LogP contribution in [0.3, 0.4) is 0 Å². The van der Waals surface area contributed by atoms with Crippen molar-refractivity contribution in [1.82, 2.24) is 24.3 Å². The van der Waals surface area contributed by atoms with Gasteiger partial charge in [0.25, 0.3) is 0 Å². The molecule has 9 nitrogen and oxygen atoms in total. The second-order valence-electron chi connectivity index (χ2n) is 12.4.